The number of benzene rings is 1. The highest BCUT2D eigenvalue weighted by Gasteiger charge is 2.28. The van der Waals surface area contributed by atoms with Crippen LogP contribution in [0.5, 0.6) is 0 Å². The molecule has 1 aromatic carbocycles. The number of hydrogen-bond donors (Lipinski definition) is 1. The van der Waals surface area contributed by atoms with E-state index >= 15 is 0 Å². The van der Waals surface area contributed by atoms with E-state index < -0.39 is 5.82 Å². The number of halogens is 1. The summed E-state index contributed by atoms with van der Waals surface area (Å²) in [7, 11) is 0. The lowest BCUT2D eigenvalue weighted by Gasteiger charge is -2.30. The summed E-state index contributed by atoms with van der Waals surface area (Å²) >= 11 is 4.22. The van der Waals surface area contributed by atoms with Gasteiger partial charge in [-0.3, -0.25) is 4.79 Å². The number of carbonyl (C=O) groups excluding carboxylic acids is 1. The minimum absolute atomic E-state index is 0.151. The average Bonchev–Trinajstić information content (AvgIpc) is 2.95. The molecule has 1 amide bonds. The van der Waals surface area contributed by atoms with E-state index in [2.05, 4.69) is 26.5 Å². The second-order valence-electron chi connectivity index (χ2n) is 6.28. The van der Waals surface area contributed by atoms with Crippen LogP contribution in [0, 0.1) is 11.7 Å². The molecular weight excluding hydrogens is 285 g/mol. The molecule has 0 atom stereocenters. The van der Waals surface area contributed by atoms with Crippen LogP contribution in [-0.4, -0.2) is 23.4 Å². The second kappa shape index (κ2) is 7.30. The van der Waals surface area contributed by atoms with Gasteiger partial charge < -0.3 is 4.90 Å². The Morgan fingerprint density at radius 2 is 2.05 bits per heavy atom. The van der Waals surface area contributed by atoms with Crippen LogP contribution in [0.1, 0.15) is 56.3 Å². The Morgan fingerprint density at radius 3 is 2.67 bits per heavy atom. The van der Waals surface area contributed by atoms with Gasteiger partial charge >= 0.3 is 0 Å². The quantitative estimate of drug-likeness (QED) is 0.791. The van der Waals surface area contributed by atoms with Crippen LogP contribution in [0.15, 0.2) is 23.1 Å². The standard InChI is InChI=1S/C17H24FNOS/c1-12(2)9-10-19(13-5-3-4-6-13)17(20)15-11-14(21)7-8-16(15)18/h7-8,11-13,21H,3-6,9-10H2,1-2H3. The normalized spacial score (nSPS) is 15.7. The van der Waals surface area contributed by atoms with Crippen molar-refractivity contribution in [3.05, 3.63) is 29.6 Å². The van der Waals surface area contributed by atoms with Crippen molar-refractivity contribution in [1.82, 2.24) is 4.90 Å². The van der Waals surface area contributed by atoms with E-state index in [0.717, 1.165) is 32.1 Å². The number of nitrogens with zero attached hydrogens (tertiary/aromatic N) is 1. The largest absolute Gasteiger partial charge is 0.336 e. The molecule has 4 heteroatoms. The maximum Gasteiger partial charge on any atom is 0.257 e. The van der Waals surface area contributed by atoms with Crippen LogP contribution in [0.25, 0.3) is 0 Å². The molecule has 116 valence electrons. The third kappa shape index (κ3) is 4.22. The molecule has 0 unspecified atom stereocenters. The lowest BCUT2D eigenvalue weighted by Crippen LogP contribution is -2.40. The van der Waals surface area contributed by atoms with Gasteiger partial charge in [0.2, 0.25) is 0 Å². The van der Waals surface area contributed by atoms with Crippen LogP contribution in [0.2, 0.25) is 0 Å². The van der Waals surface area contributed by atoms with E-state index in [0.29, 0.717) is 17.4 Å². The molecule has 1 aliphatic rings. The predicted octanol–water partition coefficient (Wildman–Crippen LogP) is 4.55. The van der Waals surface area contributed by atoms with E-state index in [1.807, 2.05) is 4.90 Å². The zero-order chi connectivity index (χ0) is 15.4. The van der Waals surface area contributed by atoms with Gasteiger partial charge in [0.15, 0.2) is 0 Å². The average molecular weight is 309 g/mol. The van der Waals surface area contributed by atoms with E-state index in [1.165, 1.54) is 12.1 Å². The van der Waals surface area contributed by atoms with Crippen molar-refractivity contribution in [3.8, 4) is 0 Å². The Labute approximate surface area is 132 Å². The third-order valence-corrected chi connectivity index (χ3v) is 4.43. The van der Waals surface area contributed by atoms with Crippen molar-refractivity contribution < 1.29 is 9.18 Å². The van der Waals surface area contributed by atoms with Crippen LogP contribution in [-0.2, 0) is 0 Å². The van der Waals surface area contributed by atoms with Crippen LogP contribution >= 0.6 is 12.6 Å². The van der Waals surface area contributed by atoms with Gasteiger partial charge in [0.05, 0.1) is 5.56 Å². The van der Waals surface area contributed by atoms with E-state index in [1.54, 1.807) is 6.07 Å². The van der Waals surface area contributed by atoms with Gasteiger partial charge in [0.1, 0.15) is 5.82 Å². The Kier molecular flexibility index (Phi) is 5.68. The van der Waals surface area contributed by atoms with Gasteiger partial charge in [0.25, 0.3) is 5.91 Å². The summed E-state index contributed by atoms with van der Waals surface area (Å²) in [4.78, 5) is 15.3. The number of hydrogen-bond acceptors (Lipinski definition) is 2. The first-order chi connectivity index (χ1) is 9.99. The molecule has 1 aromatic rings. The summed E-state index contributed by atoms with van der Waals surface area (Å²) in [5.41, 5.74) is 0.151. The van der Waals surface area contributed by atoms with E-state index in [4.69, 9.17) is 0 Å². The van der Waals surface area contributed by atoms with Gasteiger partial charge in [-0.05, 0) is 43.4 Å². The topological polar surface area (TPSA) is 20.3 Å². The minimum atomic E-state index is -0.453. The fourth-order valence-corrected chi connectivity index (χ4v) is 3.10. The van der Waals surface area contributed by atoms with Gasteiger partial charge in [0, 0.05) is 17.5 Å². The molecular formula is C17H24FNOS. The summed E-state index contributed by atoms with van der Waals surface area (Å²) < 4.78 is 14.0. The van der Waals surface area contributed by atoms with Gasteiger partial charge in [-0.15, -0.1) is 12.6 Å². The molecule has 0 aliphatic heterocycles. The number of amides is 1. The monoisotopic (exact) mass is 309 g/mol. The molecule has 1 fully saturated rings. The molecule has 2 nitrogen and oxygen atoms in total. The van der Waals surface area contributed by atoms with Crippen molar-refractivity contribution >= 4 is 18.5 Å². The molecule has 0 heterocycles. The van der Waals surface area contributed by atoms with Crippen LogP contribution in [0.3, 0.4) is 0 Å². The Morgan fingerprint density at radius 1 is 1.38 bits per heavy atom. The van der Waals surface area contributed by atoms with Crippen molar-refractivity contribution in [2.45, 2.75) is 56.9 Å². The first-order valence-corrected chi connectivity index (χ1v) is 8.23. The highest BCUT2D eigenvalue weighted by molar-refractivity contribution is 7.80. The van der Waals surface area contributed by atoms with Gasteiger partial charge in [-0.1, -0.05) is 26.7 Å². The summed E-state index contributed by atoms with van der Waals surface area (Å²) in [6.45, 7) is 5.00. The molecule has 1 saturated carbocycles. The lowest BCUT2D eigenvalue weighted by atomic mass is 10.1. The minimum Gasteiger partial charge on any atom is -0.336 e. The molecule has 0 N–H and O–H groups in total. The molecule has 1 aliphatic carbocycles. The number of thiol groups is 1. The van der Waals surface area contributed by atoms with Crippen LogP contribution in [0.4, 0.5) is 4.39 Å². The lowest BCUT2D eigenvalue weighted by molar-refractivity contribution is 0.0667. The third-order valence-electron chi connectivity index (χ3n) is 4.15. The van der Waals surface area contributed by atoms with Gasteiger partial charge in [-0.2, -0.15) is 0 Å². The number of carbonyl (C=O) groups is 1. The van der Waals surface area contributed by atoms with Gasteiger partial charge in [-0.25, -0.2) is 4.39 Å². The first-order valence-electron chi connectivity index (χ1n) is 7.78. The first kappa shape index (κ1) is 16.3. The SMILES string of the molecule is CC(C)CCN(C(=O)c1cc(S)ccc1F)C1CCCC1. The maximum absolute atomic E-state index is 14.0. The van der Waals surface area contributed by atoms with Crippen molar-refractivity contribution in [1.29, 1.82) is 0 Å². The molecule has 0 bridgehead atoms. The van der Waals surface area contributed by atoms with Crippen molar-refractivity contribution in [2.24, 2.45) is 5.92 Å². The summed E-state index contributed by atoms with van der Waals surface area (Å²) in [6, 6.07) is 4.70. The molecule has 0 spiro atoms. The number of rotatable bonds is 5. The van der Waals surface area contributed by atoms with Crippen molar-refractivity contribution in [2.75, 3.05) is 6.54 Å². The Bertz CT molecular complexity index is 498. The van der Waals surface area contributed by atoms with Crippen molar-refractivity contribution in [3.63, 3.8) is 0 Å². The molecule has 21 heavy (non-hydrogen) atoms. The highest BCUT2D eigenvalue weighted by Crippen LogP contribution is 2.26. The Balaban J connectivity index is 2.21. The smallest absolute Gasteiger partial charge is 0.257 e. The maximum atomic E-state index is 14.0. The molecule has 0 radical (unpaired) electrons. The molecule has 2 rings (SSSR count). The predicted molar refractivity (Wildman–Crippen MR) is 86.4 cm³/mol. The Hall–Kier alpha value is -1.03. The molecule has 0 saturated heterocycles. The zero-order valence-corrected chi connectivity index (χ0v) is 13.7. The molecule has 0 aromatic heterocycles. The second-order valence-corrected chi connectivity index (χ2v) is 6.80. The summed E-state index contributed by atoms with van der Waals surface area (Å²) in [5, 5.41) is 0. The van der Waals surface area contributed by atoms with E-state index in [-0.39, 0.29) is 17.5 Å². The van der Waals surface area contributed by atoms with E-state index in [9.17, 15) is 9.18 Å². The summed E-state index contributed by atoms with van der Waals surface area (Å²) in [6.07, 6.45) is 5.33. The summed E-state index contributed by atoms with van der Waals surface area (Å²) in [5.74, 6) is -0.107. The zero-order valence-electron chi connectivity index (χ0n) is 12.8. The fourth-order valence-electron chi connectivity index (χ4n) is 2.90. The fraction of sp³-hybridized carbons (Fsp3) is 0.588. The van der Waals surface area contributed by atoms with Crippen LogP contribution < -0.4 is 0 Å². The highest BCUT2D eigenvalue weighted by atomic mass is 32.1.